The highest BCUT2D eigenvalue weighted by Crippen LogP contribution is 2.31. The average molecular weight is 607 g/mol. The maximum Gasteiger partial charge on any atom is 0.257 e. The van der Waals surface area contributed by atoms with Crippen molar-refractivity contribution in [3.63, 3.8) is 0 Å². The minimum absolute atomic E-state index is 0.0277. The fourth-order valence-corrected chi connectivity index (χ4v) is 5.16. The fraction of sp³-hybridized carbons (Fsp3) is 0.185. The van der Waals surface area contributed by atoms with E-state index in [4.69, 9.17) is 16.3 Å². The Balaban J connectivity index is 1.57. The van der Waals surface area contributed by atoms with E-state index in [0.29, 0.717) is 11.3 Å². The third kappa shape index (κ3) is 7.32. The van der Waals surface area contributed by atoms with Crippen molar-refractivity contribution >= 4 is 50.7 Å². The van der Waals surface area contributed by atoms with Crippen LogP contribution >= 0.6 is 23.4 Å². The summed E-state index contributed by atoms with van der Waals surface area (Å²) in [4.78, 5) is 18.0. The molecule has 0 aliphatic rings. The second kappa shape index (κ2) is 12.3. The van der Waals surface area contributed by atoms with Crippen LogP contribution in [-0.2, 0) is 23.7 Å². The molecule has 0 radical (unpaired) electrons. The third-order valence-electron chi connectivity index (χ3n) is 5.70. The van der Waals surface area contributed by atoms with Crippen molar-refractivity contribution < 1.29 is 26.7 Å². The number of carbonyl (C=O) groups excluding carboxylic acids is 1. The minimum Gasteiger partial charge on any atom is -0.486 e. The average Bonchev–Trinajstić information content (AvgIpc) is 3.28. The summed E-state index contributed by atoms with van der Waals surface area (Å²) in [5.41, 5.74) is 2.04. The molecule has 0 spiro atoms. The van der Waals surface area contributed by atoms with E-state index in [2.05, 4.69) is 15.0 Å². The van der Waals surface area contributed by atoms with Gasteiger partial charge in [0.15, 0.2) is 5.75 Å². The van der Waals surface area contributed by atoms with Crippen LogP contribution in [0.1, 0.15) is 22.8 Å². The fourth-order valence-electron chi connectivity index (χ4n) is 3.81. The molecule has 1 amide bonds. The summed E-state index contributed by atoms with van der Waals surface area (Å²) in [5.74, 6) is -1.53. The Bertz CT molecular complexity index is 1680. The van der Waals surface area contributed by atoms with Gasteiger partial charge in [-0.1, -0.05) is 11.6 Å². The number of hydrogen-bond acceptors (Lipinski definition) is 6. The van der Waals surface area contributed by atoms with E-state index in [1.807, 2.05) is 6.26 Å². The lowest BCUT2D eigenvalue weighted by Crippen LogP contribution is -2.15. The zero-order valence-corrected chi connectivity index (χ0v) is 24.1. The van der Waals surface area contributed by atoms with Crippen molar-refractivity contribution in [2.24, 2.45) is 7.05 Å². The van der Waals surface area contributed by atoms with Gasteiger partial charge in [-0.25, -0.2) is 22.2 Å². The van der Waals surface area contributed by atoms with E-state index < -0.39 is 27.6 Å². The molecule has 210 valence electrons. The summed E-state index contributed by atoms with van der Waals surface area (Å²) in [6.07, 6.45) is 4.42. The van der Waals surface area contributed by atoms with Crippen LogP contribution in [-0.4, -0.2) is 35.9 Å². The van der Waals surface area contributed by atoms with Gasteiger partial charge in [-0.3, -0.25) is 9.52 Å². The highest BCUT2D eigenvalue weighted by atomic mass is 35.5. The zero-order valence-electron chi connectivity index (χ0n) is 21.7. The number of nitrogens with one attached hydrogen (secondary N) is 2. The van der Waals surface area contributed by atoms with E-state index in [1.54, 1.807) is 29.9 Å². The van der Waals surface area contributed by atoms with Gasteiger partial charge in [0.05, 0.1) is 28.9 Å². The first kappa shape index (κ1) is 29.4. The second-order valence-electron chi connectivity index (χ2n) is 8.70. The molecule has 2 N–H and O–H groups in total. The maximum atomic E-state index is 14.1. The lowest BCUT2D eigenvalue weighted by molar-refractivity contribution is 0.102. The number of thioether (sulfide) groups is 1. The molecular weight excluding hydrogens is 582 g/mol. The largest absolute Gasteiger partial charge is 0.486 e. The first-order chi connectivity index (χ1) is 19.0. The number of rotatable bonds is 10. The van der Waals surface area contributed by atoms with Crippen LogP contribution in [0.5, 0.6) is 5.75 Å². The maximum absolute atomic E-state index is 14.1. The van der Waals surface area contributed by atoms with Crippen molar-refractivity contribution in [2.45, 2.75) is 18.4 Å². The normalized spacial score (nSPS) is 11.3. The molecule has 0 atom stereocenters. The Labute approximate surface area is 239 Å². The van der Waals surface area contributed by atoms with Gasteiger partial charge < -0.3 is 14.6 Å². The van der Waals surface area contributed by atoms with Gasteiger partial charge in [0.1, 0.15) is 23.9 Å². The van der Waals surface area contributed by atoms with Crippen LogP contribution in [0.4, 0.5) is 20.2 Å². The Morgan fingerprint density at radius 2 is 1.82 bits per heavy atom. The number of pyridine rings is 1. The van der Waals surface area contributed by atoms with Crippen molar-refractivity contribution in [3.05, 3.63) is 88.7 Å². The minimum atomic E-state index is -3.54. The molecule has 2 aromatic heterocycles. The molecule has 0 bridgehead atoms. The molecule has 4 aromatic rings. The Hall–Kier alpha value is -3.61. The number of aryl methyl sites for hydroxylation is 1. The zero-order chi connectivity index (χ0) is 29.0. The Kier molecular flexibility index (Phi) is 9.02. The van der Waals surface area contributed by atoms with Crippen LogP contribution < -0.4 is 14.8 Å². The number of carbonyl (C=O) groups is 1. The first-order valence-corrected chi connectivity index (χ1v) is 15.1. The summed E-state index contributed by atoms with van der Waals surface area (Å²) < 4.78 is 61.8. The van der Waals surface area contributed by atoms with Gasteiger partial charge in [0.2, 0.25) is 10.0 Å². The number of hydrogen-bond donors (Lipinski definition) is 2. The van der Waals surface area contributed by atoms with Crippen molar-refractivity contribution in [1.29, 1.82) is 0 Å². The van der Waals surface area contributed by atoms with E-state index >= 15 is 0 Å². The molecule has 13 heteroatoms. The molecule has 2 aromatic carbocycles. The summed E-state index contributed by atoms with van der Waals surface area (Å²) in [5, 5.41) is 2.92. The van der Waals surface area contributed by atoms with E-state index in [9.17, 15) is 22.0 Å². The number of ether oxygens (including phenoxy) is 1. The molecule has 0 aliphatic heterocycles. The molecule has 2 heterocycles. The predicted molar refractivity (Wildman–Crippen MR) is 154 cm³/mol. The number of halogens is 3. The first-order valence-electron chi connectivity index (χ1n) is 11.9. The highest BCUT2D eigenvalue weighted by Gasteiger charge is 2.18. The number of sulfonamides is 1. The highest BCUT2D eigenvalue weighted by molar-refractivity contribution is 7.98. The molecule has 4 rings (SSSR count). The van der Waals surface area contributed by atoms with Gasteiger partial charge in [-0.05, 0) is 61.2 Å². The molecule has 0 saturated carbocycles. The van der Waals surface area contributed by atoms with E-state index in [0.717, 1.165) is 11.1 Å². The summed E-state index contributed by atoms with van der Waals surface area (Å²) in [6, 6.07) is 11.6. The van der Waals surface area contributed by atoms with Gasteiger partial charge in [0.25, 0.3) is 5.91 Å². The van der Waals surface area contributed by atoms with Crippen molar-refractivity contribution in [1.82, 2.24) is 9.55 Å². The number of nitrogens with zero attached hydrogens (tertiary/aromatic N) is 2. The molecule has 40 heavy (non-hydrogen) atoms. The standard InChI is InChI=1S/C27H25ClF2N4O4S2/c1-4-40(36,37)33-22-9-18(28)8-21(12-22)32-27(35)17-7-24(34(2)14-17)26-25(11-20(30)13-31-26)38-15-16-5-19(29)10-23(6-16)39-3/h5-14,33H,4,15H2,1-3H3,(H,32,35). The van der Waals surface area contributed by atoms with Crippen LogP contribution in [0.15, 0.2) is 65.8 Å². The number of anilines is 2. The Morgan fingerprint density at radius 3 is 2.55 bits per heavy atom. The summed E-state index contributed by atoms with van der Waals surface area (Å²) in [6.45, 7) is 1.47. The van der Waals surface area contributed by atoms with Crippen LogP contribution in [0.2, 0.25) is 5.02 Å². The lowest BCUT2D eigenvalue weighted by Gasteiger charge is -2.12. The smallest absolute Gasteiger partial charge is 0.257 e. The topological polar surface area (TPSA) is 102 Å². The van der Waals surface area contributed by atoms with E-state index in [1.165, 1.54) is 55.1 Å². The molecule has 0 unspecified atom stereocenters. The van der Waals surface area contributed by atoms with Crippen LogP contribution in [0.3, 0.4) is 0 Å². The molecule has 0 fully saturated rings. The van der Waals surface area contributed by atoms with Gasteiger partial charge in [-0.15, -0.1) is 11.8 Å². The SMILES string of the molecule is CCS(=O)(=O)Nc1cc(Cl)cc(NC(=O)c2cc(-c3ncc(F)cc3OCc3cc(F)cc(SC)c3)n(C)c2)c1. The molecule has 0 aliphatic carbocycles. The number of amides is 1. The summed E-state index contributed by atoms with van der Waals surface area (Å²) in [7, 11) is -1.86. The van der Waals surface area contributed by atoms with Gasteiger partial charge in [-0.2, -0.15) is 0 Å². The van der Waals surface area contributed by atoms with Crippen LogP contribution in [0.25, 0.3) is 11.4 Å². The van der Waals surface area contributed by atoms with E-state index in [-0.39, 0.29) is 45.8 Å². The van der Waals surface area contributed by atoms with Crippen molar-refractivity contribution in [3.8, 4) is 17.1 Å². The molecular formula is C27H25ClF2N4O4S2. The van der Waals surface area contributed by atoms with Crippen molar-refractivity contribution in [2.75, 3.05) is 22.0 Å². The second-order valence-corrected chi connectivity index (χ2v) is 12.0. The van der Waals surface area contributed by atoms with Gasteiger partial charge in [0, 0.05) is 34.9 Å². The quantitative estimate of drug-likeness (QED) is 0.204. The third-order valence-corrected chi connectivity index (χ3v) is 7.93. The predicted octanol–water partition coefficient (Wildman–Crippen LogP) is 6.33. The van der Waals surface area contributed by atoms with Crippen LogP contribution in [0, 0.1) is 11.6 Å². The molecule has 0 saturated heterocycles. The lowest BCUT2D eigenvalue weighted by atomic mass is 10.2. The number of benzene rings is 2. The summed E-state index contributed by atoms with van der Waals surface area (Å²) >= 11 is 7.51. The molecule has 8 nitrogen and oxygen atoms in total. The van der Waals surface area contributed by atoms with Gasteiger partial charge >= 0.3 is 0 Å². The number of aromatic nitrogens is 2. The Morgan fingerprint density at radius 1 is 1.07 bits per heavy atom. The monoisotopic (exact) mass is 606 g/mol.